The summed E-state index contributed by atoms with van der Waals surface area (Å²) in [6.45, 7) is 3.53. The fourth-order valence-corrected chi connectivity index (χ4v) is 6.29. The summed E-state index contributed by atoms with van der Waals surface area (Å²) in [6.07, 6.45) is 5.44. The van der Waals surface area contributed by atoms with Crippen molar-refractivity contribution in [1.82, 2.24) is 20.0 Å². The van der Waals surface area contributed by atoms with E-state index in [0.29, 0.717) is 48.9 Å². The number of halogens is 1. The highest BCUT2D eigenvalue weighted by Crippen LogP contribution is 2.38. The number of benzene rings is 1. The molecule has 2 bridgehead atoms. The topological polar surface area (TPSA) is 73.0 Å². The van der Waals surface area contributed by atoms with E-state index >= 15 is 0 Å². The monoisotopic (exact) mass is 456 g/mol. The van der Waals surface area contributed by atoms with Gasteiger partial charge in [-0.25, -0.2) is 9.18 Å². The predicted octanol–water partition coefficient (Wildman–Crippen LogP) is 2.40. The van der Waals surface area contributed by atoms with Gasteiger partial charge in [-0.05, 0) is 61.6 Å². The van der Waals surface area contributed by atoms with Crippen LogP contribution in [0.4, 0.5) is 9.18 Å². The second-order valence-corrected chi connectivity index (χ2v) is 10.2. The number of nitrogens with zero attached hydrogens (tertiary/aromatic N) is 3. The molecule has 4 aliphatic rings. The second-order valence-electron chi connectivity index (χ2n) is 10.2. The van der Waals surface area contributed by atoms with Gasteiger partial charge in [-0.15, -0.1) is 0 Å². The van der Waals surface area contributed by atoms with E-state index in [2.05, 4.69) is 10.2 Å². The van der Waals surface area contributed by atoms with Crippen LogP contribution < -0.4 is 5.32 Å². The van der Waals surface area contributed by atoms with Crippen molar-refractivity contribution in [2.75, 3.05) is 32.7 Å². The van der Waals surface area contributed by atoms with Crippen LogP contribution in [0.2, 0.25) is 0 Å². The lowest BCUT2D eigenvalue weighted by atomic mass is 9.76. The van der Waals surface area contributed by atoms with Crippen LogP contribution in [0.25, 0.3) is 0 Å². The third-order valence-electron chi connectivity index (χ3n) is 7.83. The standard InChI is InChI=1S/C25H33FN4O3/c26-20-4-1-3-17(12-20)13-23(31)27-21-7-9-28(10-8-21)25(33)29-14-18-11-19(16-29)22-5-2-6-24(32)30(22)15-18/h1,3-4,12,18-19,21-22H,2,5-11,13-16H2,(H,27,31)/t18?,19?,22-/m1/s1. The van der Waals surface area contributed by atoms with E-state index in [1.807, 2.05) is 9.80 Å². The van der Waals surface area contributed by atoms with E-state index in [1.165, 1.54) is 12.1 Å². The molecule has 4 amide bonds. The Hall–Kier alpha value is -2.64. The Bertz CT molecular complexity index is 917. The van der Waals surface area contributed by atoms with Crippen LogP contribution in [0, 0.1) is 17.7 Å². The molecule has 7 nitrogen and oxygen atoms in total. The first-order valence-electron chi connectivity index (χ1n) is 12.3. The number of hydrogen-bond donors (Lipinski definition) is 1. The van der Waals surface area contributed by atoms with E-state index in [1.54, 1.807) is 12.1 Å². The number of urea groups is 1. The highest BCUT2D eigenvalue weighted by molar-refractivity contribution is 5.79. The number of carbonyl (C=O) groups is 3. The van der Waals surface area contributed by atoms with Crippen molar-refractivity contribution in [3.8, 4) is 0 Å². The first kappa shape index (κ1) is 22.2. The molecule has 3 atom stereocenters. The number of rotatable bonds is 3. The number of likely N-dealkylation sites (tertiary alicyclic amines) is 2. The summed E-state index contributed by atoms with van der Waals surface area (Å²) in [5.41, 5.74) is 0.661. The summed E-state index contributed by atoms with van der Waals surface area (Å²) >= 11 is 0. The number of amides is 4. The highest BCUT2D eigenvalue weighted by atomic mass is 19.1. The zero-order valence-electron chi connectivity index (χ0n) is 19.0. The summed E-state index contributed by atoms with van der Waals surface area (Å²) in [7, 11) is 0. The molecule has 0 spiro atoms. The molecule has 4 aliphatic heterocycles. The maximum Gasteiger partial charge on any atom is 0.320 e. The molecule has 4 saturated heterocycles. The fourth-order valence-electron chi connectivity index (χ4n) is 6.29. The molecule has 0 aliphatic carbocycles. The summed E-state index contributed by atoms with van der Waals surface area (Å²) in [5, 5.41) is 3.04. The quantitative estimate of drug-likeness (QED) is 0.759. The molecule has 1 aromatic carbocycles. The van der Waals surface area contributed by atoms with Gasteiger partial charge in [0.25, 0.3) is 0 Å². The van der Waals surface area contributed by atoms with Crippen molar-refractivity contribution >= 4 is 17.8 Å². The van der Waals surface area contributed by atoms with E-state index in [4.69, 9.17) is 0 Å². The van der Waals surface area contributed by atoms with Crippen molar-refractivity contribution in [1.29, 1.82) is 0 Å². The van der Waals surface area contributed by atoms with E-state index < -0.39 is 0 Å². The van der Waals surface area contributed by atoms with Crippen LogP contribution in [0.3, 0.4) is 0 Å². The van der Waals surface area contributed by atoms with Gasteiger partial charge < -0.3 is 20.0 Å². The molecule has 8 heteroatoms. The normalized spacial score (nSPS) is 27.8. The maximum absolute atomic E-state index is 13.3. The predicted molar refractivity (Wildman–Crippen MR) is 121 cm³/mol. The van der Waals surface area contributed by atoms with Crippen molar-refractivity contribution in [3.05, 3.63) is 35.6 Å². The van der Waals surface area contributed by atoms with Gasteiger partial charge in [0.2, 0.25) is 11.8 Å². The van der Waals surface area contributed by atoms with Crippen LogP contribution in [0.5, 0.6) is 0 Å². The van der Waals surface area contributed by atoms with Crippen molar-refractivity contribution < 1.29 is 18.8 Å². The average Bonchev–Trinajstić information content (AvgIpc) is 2.80. The maximum atomic E-state index is 13.3. The number of carbonyl (C=O) groups excluding carboxylic acids is 3. The minimum Gasteiger partial charge on any atom is -0.353 e. The molecule has 1 N–H and O–H groups in total. The second kappa shape index (κ2) is 9.31. The van der Waals surface area contributed by atoms with Crippen molar-refractivity contribution in [2.45, 2.75) is 57.0 Å². The number of nitrogens with one attached hydrogen (secondary N) is 1. The van der Waals surface area contributed by atoms with Gasteiger partial charge in [0, 0.05) is 51.2 Å². The first-order chi connectivity index (χ1) is 16.0. The third kappa shape index (κ3) is 4.84. The Morgan fingerprint density at radius 1 is 1.06 bits per heavy atom. The van der Waals surface area contributed by atoms with Crippen LogP contribution in [0.15, 0.2) is 24.3 Å². The molecule has 178 valence electrons. The zero-order chi connectivity index (χ0) is 22.9. The number of fused-ring (bicyclic) bond motifs is 4. The summed E-state index contributed by atoms with van der Waals surface area (Å²) < 4.78 is 13.3. The minimum absolute atomic E-state index is 0.0395. The van der Waals surface area contributed by atoms with E-state index in [0.717, 1.165) is 51.7 Å². The first-order valence-corrected chi connectivity index (χ1v) is 12.3. The molecule has 0 radical (unpaired) electrons. The zero-order valence-corrected chi connectivity index (χ0v) is 19.0. The SMILES string of the molecule is O=C(Cc1cccc(F)c1)NC1CCN(C(=O)N2CC3CC(C2)[C@H]2CCCC(=O)N2C3)CC1. The lowest BCUT2D eigenvalue weighted by molar-refractivity contribution is -0.144. The molecule has 0 saturated carbocycles. The largest absolute Gasteiger partial charge is 0.353 e. The highest BCUT2D eigenvalue weighted by Gasteiger charge is 2.45. The van der Waals surface area contributed by atoms with E-state index in [-0.39, 0.29) is 30.2 Å². The summed E-state index contributed by atoms with van der Waals surface area (Å²) in [6, 6.07) is 6.56. The van der Waals surface area contributed by atoms with Gasteiger partial charge >= 0.3 is 6.03 Å². The van der Waals surface area contributed by atoms with Gasteiger partial charge in [0.05, 0.1) is 6.42 Å². The van der Waals surface area contributed by atoms with Gasteiger partial charge in [-0.2, -0.15) is 0 Å². The van der Waals surface area contributed by atoms with Crippen LogP contribution in [-0.2, 0) is 16.0 Å². The lowest BCUT2D eigenvalue weighted by Crippen LogP contribution is -2.62. The van der Waals surface area contributed by atoms with E-state index in [9.17, 15) is 18.8 Å². The molecule has 1 aromatic rings. The van der Waals surface area contributed by atoms with Gasteiger partial charge in [-0.3, -0.25) is 9.59 Å². The number of piperidine rings is 4. The Balaban J connectivity index is 1.11. The molecule has 4 fully saturated rings. The number of hydrogen-bond acceptors (Lipinski definition) is 3. The molecule has 33 heavy (non-hydrogen) atoms. The Morgan fingerprint density at radius 2 is 1.88 bits per heavy atom. The lowest BCUT2D eigenvalue weighted by Gasteiger charge is -2.53. The Morgan fingerprint density at radius 3 is 2.67 bits per heavy atom. The summed E-state index contributed by atoms with van der Waals surface area (Å²) in [5.74, 6) is 0.621. The van der Waals surface area contributed by atoms with Gasteiger partial charge in [-0.1, -0.05) is 12.1 Å². The van der Waals surface area contributed by atoms with Crippen LogP contribution in [0.1, 0.15) is 44.1 Å². The third-order valence-corrected chi connectivity index (χ3v) is 7.83. The van der Waals surface area contributed by atoms with Crippen molar-refractivity contribution in [3.63, 3.8) is 0 Å². The van der Waals surface area contributed by atoms with Crippen LogP contribution >= 0.6 is 0 Å². The van der Waals surface area contributed by atoms with Crippen LogP contribution in [-0.4, -0.2) is 77.4 Å². The van der Waals surface area contributed by atoms with Gasteiger partial charge in [0.1, 0.15) is 5.82 Å². The fraction of sp³-hybridized carbons (Fsp3) is 0.640. The molecular formula is C25H33FN4O3. The smallest absolute Gasteiger partial charge is 0.320 e. The average molecular weight is 457 g/mol. The molecule has 5 rings (SSSR count). The molecule has 2 unspecified atom stereocenters. The Labute approximate surface area is 194 Å². The Kier molecular flexibility index (Phi) is 6.25. The molecule has 0 aromatic heterocycles. The van der Waals surface area contributed by atoms with Crippen molar-refractivity contribution in [2.24, 2.45) is 11.8 Å². The minimum atomic E-state index is -0.336. The van der Waals surface area contributed by atoms with Gasteiger partial charge in [0.15, 0.2) is 0 Å². The molecule has 4 heterocycles. The molecular weight excluding hydrogens is 423 g/mol. The summed E-state index contributed by atoms with van der Waals surface area (Å²) in [4.78, 5) is 44.0.